The molecular weight excluding hydrogens is 592 g/mol. The molecule has 0 bridgehead atoms. The first-order valence-electron chi connectivity index (χ1n) is 16.3. The van der Waals surface area contributed by atoms with Crippen LogP contribution in [0, 0.1) is 5.92 Å². The zero-order chi connectivity index (χ0) is 32.4. The topological polar surface area (TPSA) is 107 Å². The number of carbonyl (C=O) groups is 2. The Kier molecular flexibility index (Phi) is 10.2. The number of quaternary nitrogens is 1. The zero-order valence-corrected chi connectivity index (χ0v) is 28.0. The van der Waals surface area contributed by atoms with Gasteiger partial charge < -0.3 is 19.2 Å². The van der Waals surface area contributed by atoms with Crippen LogP contribution in [0.4, 0.5) is 5.69 Å². The number of amides is 1. The molecule has 0 spiro atoms. The van der Waals surface area contributed by atoms with E-state index in [1.807, 2.05) is 34.1 Å². The maximum Gasteiger partial charge on any atom is 0.308 e. The lowest BCUT2D eigenvalue weighted by atomic mass is 9.83. The number of carboxylic acids is 1. The van der Waals surface area contributed by atoms with Gasteiger partial charge in [-0.1, -0.05) is 37.6 Å². The van der Waals surface area contributed by atoms with Crippen molar-refractivity contribution in [2.24, 2.45) is 5.92 Å². The number of likely N-dealkylation sites (tertiary alicyclic amines) is 1. The van der Waals surface area contributed by atoms with E-state index in [0.717, 1.165) is 58.4 Å². The summed E-state index contributed by atoms with van der Waals surface area (Å²) in [5.74, 6) is -1.14. The zero-order valence-electron chi connectivity index (χ0n) is 27.2. The Morgan fingerprint density at radius 3 is 2.62 bits per heavy atom. The highest BCUT2D eigenvalue weighted by Gasteiger charge is 2.48. The van der Waals surface area contributed by atoms with Crippen molar-refractivity contribution in [2.75, 3.05) is 71.1 Å². The highest BCUT2D eigenvalue weighted by Crippen LogP contribution is 2.41. The fourth-order valence-electron chi connectivity index (χ4n) is 7.19. The summed E-state index contributed by atoms with van der Waals surface area (Å²) in [7, 11) is 3.08. The van der Waals surface area contributed by atoms with Crippen molar-refractivity contribution in [3.8, 4) is 5.75 Å². The summed E-state index contributed by atoms with van der Waals surface area (Å²) in [5.41, 5.74) is 4.00. The Morgan fingerprint density at radius 1 is 1.13 bits per heavy atom. The van der Waals surface area contributed by atoms with Crippen LogP contribution < -0.4 is 9.64 Å². The fourth-order valence-corrected chi connectivity index (χ4v) is 8.73. The highest BCUT2D eigenvalue weighted by atomic mass is 32.2. The first kappa shape index (κ1) is 33.4. The summed E-state index contributed by atoms with van der Waals surface area (Å²) < 4.78 is 33.2. The number of carboxylic acid groups (broad SMARTS) is 1. The molecule has 2 saturated heterocycles. The molecule has 5 rings (SSSR count). The van der Waals surface area contributed by atoms with Crippen LogP contribution in [0.15, 0.2) is 42.5 Å². The second kappa shape index (κ2) is 13.8. The van der Waals surface area contributed by atoms with Crippen LogP contribution in [0.3, 0.4) is 0 Å². The fraction of sp³-hybridized carbons (Fsp3) is 0.588. The predicted molar refractivity (Wildman–Crippen MR) is 175 cm³/mol. The Morgan fingerprint density at radius 2 is 1.93 bits per heavy atom. The average Bonchev–Trinajstić information content (AvgIpc) is 3.67. The molecule has 10 nitrogen and oxygen atoms in total. The van der Waals surface area contributed by atoms with E-state index in [1.165, 1.54) is 4.31 Å². The number of hydrogen-bond donors (Lipinski definition) is 1. The number of unbranched alkanes of at least 4 members (excludes halogenated alkanes) is 1. The van der Waals surface area contributed by atoms with Gasteiger partial charge in [-0.3, -0.25) is 14.5 Å². The SMILES string of the molecule is CCCCN(C(=O)CN1CC(c2ccc3c(c2)CCO3)C(C(=O)O)C1CCN1CCCS1(=O)=O)c1cccc(C[N+](C)(C)C)c1. The standard InChI is InChI=1S/C34H48N4O6S/c1-5-6-16-37(28-10-7-9-25(20-28)24-38(2,3)4)32(39)23-35-22-29(26-11-12-31-27(21-26)14-18-44-31)33(34(40)41)30(35)13-17-36-15-8-19-45(36,42)43/h7,9-12,20-21,29-30,33H,5-6,8,13-19,22-24H2,1-4H3/p+1. The number of carbonyl (C=O) groups excluding carboxylic acids is 1. The second-order valence-corrected chi connectivity index (χ2v) is 15.9. The van der Waals surface area contributed by atoms with E-state index in [-0.39, 0.29) is 30.7 Å². The van der Waals surface area contributed by atoms with Gasteiger partial charge in [0.2, 0.25) is 15.9 Å². The third-order valence-corrected chi connectivity index (χ3v) is 11.3. The molecule has 0 saturated carbocycles. The van der Waals surface area contributed by atoms with E-state index in [2.05, 4.69) is 46.3 Å². The molecule has 3 heterocycles. The van der Waals surface area contributed by atoms with Crippen LogP contribution in [0.25, 0.3) is 0 Å². The number of anilines is 1. The van der Waals surface area contributed by atoms with Gasteiger partial charge >= 0.3 is 5.97 Å². The summed E-state index contributed by atoms with van der Waals surface area (Å²) in [6.07, 6.45) is 3.49. The minimum absolute atomic E-state index is 0.0645. The molecular formula is C34H49N4O6S+. The lowest BCUT2D eigenvalue weighted by molar-refractivity contribution is -0.884. The lowest BCUT2D eigenvalue weighted by Gasteiger charge is -2.31. The van der Waals surface area contributed by atoms with Crippen molar-refractivity contribution in [3.05, 3.63) is 59.2 Å². The molecule has 0 aromatic heterocycles. The molecule has 246 valence electrons. The van der Waals surface area contributed by atoms with Gasteiger partial charge in [0.25, 0.3) is 0 Å². The quantitative estimate of drug-likeness (QED) is 0.334. The van der Waals surface area contributed by atoms with Gasteiger partial charge in [-0.05, 0) is 48.6 Å². The number of aliphatic carboxylic acids is 1. The molecule has 11 heteroatoms. The summed E-state index contributed by atoms with van der Waals surface area (Å²) in [4.78, 5) is 31.0. The number of benzene rings is 2. The Labute approximate surface area is 268 Å². The molecule has 2 fully saturated rings. The van der Waals surface area contributed by atoms with Crippen LogP contribution in [-0.4, -0.2) is 111 Å². The molecule has 2 aromatic carbocycles. The molecule has 0 radical (unpaired) electrons. The summed E-state index contributed by atoms with van der Waals surface area (Å²) in [6, 6.07) is 13.6. The monoisotopic (exact) mass is 641 g/mol. The van der Waals surface area contributed by atoms with Gasteiger partial charge in [0, 0.05) is 55.8 Å². The molecule has 0 aliphatic carbocycles. The molecule has 1 amide bonds. The smallest absolute Gasteiger partial charge is 0.308 e. The number of fused-ring (bicyclic) bond motifs is 1. The number of rotatable bonds is 13. The van der Waals surface area contributed by atoms with Crippen molar-refractivity contribution < 1.29 is 32.3 Å². The molecule has 1 N–H and O–H groups in total. The van der Waals surface area contributed by atoms with Gasteiger partial charge in [0.1, 0.15) is 12.3 Å². The summed E-state index contributed by atoms with van der Waals surface area (Å²) in [6.45, 7) is 5.28. The molecule has 3 aliphatic heterocycles. The minimum atomic E-state index is -3.33. The average molecular weight is 642 g/mol. The van der Waals surface area contributed by atoms with E-state index in [1.54, 1.807) is 0 Å². The third kappa shape index (κ3) is 7.88. The normalized spacial score (nSPS) is 23.2. The van der Waals surface area contributed by atoms with Crippen LogP contribution >= 0.6 is 0 Å². The molecule has 3 unspecified atom stereocenters. The van der Waals surface area contributed by atoms with Crippen LogP contribution in [0.2, 0.25) is 0 Å². The van der Waals surface area contributed by atoms with Gasteiger partial charge in [-0.15, -0.1) is 0 Å². The highest BCUT2D eigenvalue weighted by molar-refractivity contribution is 7.89. The van der Waals surface area contributed by atoms with E-state index >= 15 is 0 Å². The minimum Gasteiger partial charge on any atom is -0.493 e. The van der Waals surface area contributed by atoms with E-state index in [9.17, 15) is 23.1 Å². The van der Waals surface area contributed by atoms with Gasteiger partial charge in [-0.2, -0.15) is 0 Å². The van der Waals surface area contributed by atoms with Gasteiger partial charge in [0.15, 0.2) is 0 Å². The predicted octanol–water partition coefficient (Wildman–Crippen LogP) is 3.56. The van der Waals surface area contributed by atoms with Crippen LogP contribution in [-0.2, 0) is 32.6 Å². The van der Waals surface area contributed by atoms with E-state index < -0.39 is 28.0 Å². The largest absolute Gasteiger partial charge is 0.493 e. The Hall–Kier alpha value is -2.99. The van der Waals surface area contributed by atoms with Crippen molar-refractivity contribution in [1.82, 2.24) is 9.21 Å². The molecule has 3 atom stereocenters. The van der Waals surface area contributed by atoms with Crippen LogP contribution in [0.1, 0.15) is 55.2 Å². The summed E-state index contributed by atoms with van der Waals surface area (Å²) in [5, 5.41) is 10.6. The molecule has 45 heavy (non-hydrogen) atoms. The first-order chi connectivity index (χ1) is 21.4. The number of hydrogen-bond acceptors (Lipinski definition) is 6. The van der Waals surface area contributed by atoms with Crippen LogP contribution in [0.5, 0.6) is 5.75 Å². The van der Waals surface area contributed by atoms with Gasteiger partial charge in [0.05, 0.1) is 46.0 Å². The van der Waals surface area contributed by atoms with Crippen molar-refractivity contribution in [2.45, 2.75) is 57.5 Å². The number of ether oxygens (including phenoxy) is 1. The van der Waals surface area contributed by atoms with E-state index in [0.29, 0.717) is 39.1 Å². The van der Waals surface area contributed by atoms with E-state index in [4.69, 9.17) is 4.74 Å². The molecule has 3 aliphatic rings. The Balaban J connectivity index is 1.44. The van der Waals surface area contributed by atoms with Crippen molar-refractivity contribution in [1.29, 1.82) is 0 Å². The number of nitrogens with zero attached hydrogens (tertiary/aromatic N) is 4. The first-order valence-corrected chi connectivity index (χ1v) is 17.9. The van der Waals surface area contributed by atoms with Gasteiger partial charge in [-0.25, -0.2) is 12.7 Å². The lowest BCUT2D eigenvalue weighted by Crippen LogP contribution is -2.45. The number of sulfonamides is 1. The maximum absolute atomic E-state index is 14.2. The Bertz CT molecular complexity index is 1490. The molecule has 2 aromatic rings. The van der Waals surface area contributed by atoms with Crippen molar-refractivity contribution in [3.63, 3.8) is 0 Å². The maximum atomic E-state index is 14.2. The summed E-state index contributed by atoms with van der Waals surface area (Å²) >= 11 is 0. The third-order valence-electron chi connectivity index (χ3n) is 9.31. The van der Waals surface area contributed by atoms with Crippen molar-refractivity contribution >= 4 is 27.6 Å². The second-order valence-electron chi connectivity index (χ2n) is 13.8.